The number of ether oxygens (including phenoxy) is 2. The minimum atomic E-state index is -0.605. The molecule has 9 nitrogen and oxygen atoms in total. The summed E-state index contributed by atoms with van der Waals surface area (Å²) in [6.07, 6.45) is 0.614. The lowest BCUT2D eigenvalue weighted by atomic mass is 10.0. The molecule has 0 fully saturated rings. The number of benzene rings is 3. The van der Waals surface area contributed by atoms with Crippen LogP contribution in [0, 0.1) is 11.3 Å². The Hall–Kier alpha value is -4.88. The van der Waals surface area contributed by atoms with Crippen molar-refractivity contribution in [1.29, 1.82) is 5.26 Å². The van der Waals surface area contributed by atoms with Crippen LogP contribution < -0.4 is 10.5 Å². The SMILES string of the molecule is COC(=O)CCN(C(=O)OC)c1cccc(-c2ccc3c(c2)ncc(=O)n3C(=S)c2ccc(C#N)cc2)c1. The monoisotopic (exact) mass is 526 g/mol. The van der Waals surface area contributed by atoms with Gasteiger partial charge in [-0.25, -0.2) is 9.78 Å². The smallest absolute Gasteiger partial charge is 0.414 e. The van der Waals surface area contributed by atoms with Crippen molar-refractivity contribution >= 4 is 46.0 Å². The summed E-state index contributed by atoms with van der Waals surface area (Å²) in [6.45, 7) is 0.0845. The standard InChI is InChI=1S/C28H22N4O5S/c1-36-26(34)12-13-31(28(35)37-2)22-5-3-4-20(14-22)21-10-11-24-23(15-21)30-17-25(33)32(24)27(38)19-8-6-18(16-29)7-9-19/h3-11,14-15,17H,12-13H2,1-2H3. The van der Waals surface area contributed by atoms with Gasteiger partial charge >= 0.3 is 12.1 Å². The van der Waals surface area contributed by atoms with Gasteiger partial charge in [0, 0.05) is 17.8 Å². The second kappa shape index (κ2) is 11.5. The van der Waals surface area contributed by atoms with E-state index in [0.29, 0.717) is 32.8 Å². The molecular weight excluding hydrogens is 504 g/mol. The van der Waals surface area contributed by atoms with E-state index in [-0.39, 0.29) is 18.5 Å². The second-order valence-corrected chi connectivity index (χ2v) is 8.51. The number of nitriles is 1. The Balaban J connectivity index is 1.71. The third kappa shape index (κ3) is 5.43. The minimum Gasteiger partial charge on any atom is -0.469 e. The molecule has 1 aromatic heterocycles. The number of fused-ring (bicyclic) bond motifs is 1. The number of hydrogen-bond donors (Lipinski definition) is 0. The van der Waals surface area contributed by atoms with Gasteiger partial charge in [0.2, 0.25) is 0 Å². The Kier molecular flexibility index (Phi) is 7.89. The third-order valence-electron chi connectivity index (χ3n) is 5.87. The number of amides is 1. The number of rotatable bonds is 6. The zero-order valence-corrected chi connectivity index (χ0v) is 21.4. The molecular formula is C28H22N4O5S. The van der Waals surface area contributed by atoms with E-state index in [4.69, 9.17) is 22.2 Å². The van der Waals surface area contributed by atoms with Crippen LogP contribution in [0.1, 0.15) is 17.5 Å². The first-order valence-corrected chi connectivity index (χ1v) is 11.9. The molecule has 4 rings (SSSR count). The fraction of sp³-hybridized carbons (Fsp3) is 0.143. The van der Waals surface area contributed by atoms with Gasteiger partial charge in [0.15, 0.2) is 0 Å². The van der Waals surface area contributed by atoms with Gasteiger partial charge in [0.1, 0.15) is 4.99 Å². The molecule has 38 heavy (non-hydrogen) atoms. The molecule has 190 valence electrons. The molecule has 1 heterocycles. The largest absolute Gasteiger partial charge is 0.469 e. The second-order valence-electron chi connectivity index (χ2n) is 8.13. The van der Waals surface area contributed by atoms with E-state index in [1.165, 1.54) is 29.9 Å². The fourth-order valence-electron chi connectivity index (χ4n) is 3.92. The zero-order valence-electron chi connectivity index (χ0n) is 20.6. The van der Waals surface area contributed by atoms with E-state index in [1.807, 2.05) is 18.2 Å². The van der Waals surface area contributed by atoms with Crippen LogP contribution in [-0.2, 0) is 14.3 Å². The van der Waals surface area contributed by atoms with Crippen molar-refractivity contribution in [3.05, 3.63) is 94.4 Å². The Morgan fingerprint density at radius 3 is 2.45 bits per heavy atom. The summed E-state index contributed by atoms with van der Waals surface area (Å²) >= 11 is 5.61. The first-order chi connectivity index (χ1) is 18.4. The first-order valence-electron chi connectivity index (χ1n) is 11.5. The van der Waals surface area contributed by atoms with Crippen molar-refractivity contribution in [3.63, 3.8) is 0 Å². The van der Waals surface area contributed by atoms with Gasteiger partial charge in [-0.1, -0.05) is 42.5 Å². The highest BCUT2D eigenvalue weighted by Crippen LogP contribution is 2.28. The summed E-state index contributed by atoms with van der Waals surface area (Å²) in [5, 5.41) is 9.05. The van der Waals surface area contributed by atoms with Crippen LogP contribution in [0.25, 0.3) is 22.2 Å². The van der Waals surface area contributed by atoms with E-state index in [1.54, 1.807) is 48.5 Å². The van der Waals surface area contributed by atoms with Crippen LogP contribution >= 0.6 is 12.2 Å². The number of methoxy groups -OCH3 is 2. The van der Waals surface area contributed by atoms with Crippen LogP contribution in [0.5, 0.6) is 0 Å². The van der Waals surface area contributed by atoms with Gasteiger partial charge in [-0.3, -0.25) is 19.1 Å². The minimum absolute atomic E-state index is 0.00635. The Morgan fingerprint density at radius 2 is 1.76 bits per heavy atom. The van der Waals surface area contributed by atoms with E-state index in [2.05, 4.69) is 15.8 Å². The predicted molar refractivity (Wildman–Crippen MR) is 146 cm³/mol. The van der Waals surface area contributed by atoms with Crippen molar-refractivity contribution in [2.45, 2.75) is 6.42 Å². The topological polar surface area (TPSA) is 115 Å². The molecule has 0 unspecified atom stereocenters. The van der Waals surface area contributed by atoms with E-state index < -0.39 is 12.1 Å². The average Bonchev–Trinajstić information content (AvgIpc) is 2.96. The number of carbonyl (C=O) groups is 2. The number of aromatic nitrogens is 2. The van der Waals surface area contributed by atoms with E-state index >= 15 is 0 Å². The third-order valence-corrected chi connectivity index (χ3v) is 6.29. The van der Waals surface area contributed by atoms with Gasteiger partial charge in [-0.2, -0.15) is 5.26 Å². The molecule has 0 aliphatic carbocycles. The molecule has 0 spiro atoms. The van der Waals surface area contributed by atoms with Crippen LogP contribution in [0.3, 0.4) is 0 Å². The number of hydrogen-bond acceptors (Lipinski definition) is 8. The van der Waals surface area contributed by atoms with Crippen molar-refractivity contribution in [2.24, 2.45) is 0 Å². The van der Waals surface area contributed by atoms with Crippen LogP contribution in [0.4, 0.5) is 10.5 Å². The number of esters is 1. The first kappa shape index (κ1) is 26.2. The van der Waals surface area contributed by atoms with Gasteiger partial charge in [0.25, 0.3) is 5.56 Å². The Bertz CT molecular complexity index is 1640. The highest BCUT2D eigenvalue weighted by Gasteiger charge is 2.19. The summed E-state index contributed by atoms with van der Waals surface area (Å²) in [5.74, 6) is -0.444. The van der Waals surface area contributed by atoms with Crippen LogP contribution in [0.15, 0.2) is 77.7 Å². The lowest BCUT2D eigenvalue weighted by molar-refractivity contribution is -0.140. The summed E-state index contributed by atoms with van der Waals surface area (Å²) in [5.41, 5.74) is 3.93. The molecule has 1 amide bonds. The highest BCUT2D eigenvalue weighted by molar-refractivity contribution is 7.80. The molecule has 3 aromatic carbocycles. The maximum absolute atomic E-state index is 12.7. The van der Waals surface area contributed by atoms with Gasteiger partial charge in [-0.15, -0.1) is 0 Å². The summed E-state index contributed by atoms with van der Waals surface area (Å²) < 4.78 is 11.0. The highest BCUT2D eigenvalue weighted by atomic mass is 32.1. The van der Waals surface area contributed by atoms with Crippen molar-refractivity contribution in [1.82, 2.24) is 9.55 Å². The molecule has 0 atom stereocenters. The molecule has 10 heteroatoms. The van der Waals surface area contributed by atoms with Crippen molar-refractivity contribution in [3.8, 4) is 17.2 Å². The van der Waals surface area contributed by atoms with Crippen molar-refractivity contribution < 1.29 is 19.1 Å². The lowest BCUT2D eigenvalue weighted by Gasteiger charge is -2.21. The van der Waals surface area contributed by atoms with E-state index in [9.17, 15) is 14.4 Å². The maximum Gasteiger partial charge on any atom is 0.414 e. The zero-order chi connectivity index (χ0) is 27.2. The molecule has 0 radical (unpaired) electrons. The fourth-order valence-corrected chi connectivity index (χ4v) is 4.24. The Labute approximate surface area is 223 Å². The summed E-state index contributed by atoms with van der Waals surface area (Å²) in [7, 11) is 2.56. The number of anilines is 1. The molecule has 0 saturated heterocycles. The molecule has 0 aliphatic rings. The molecule has 4 aromatic rings. The summed E-state index contributed by atoms with van der Waals surface area (Å²) in [4.78, 5) is 42.8. The van der Waals surface area contributed by atoms with Crippen LogP contribution in [0.2, 0.25) is 0 Å². The van der Waals surface area contributed by atoms with Gasteiger partial charge < -0.3 is 9.47 Å². The Morgan fingerprint density at radius 1 is 1.03 bits per heavy atom. The number of nitrogens with zero attached hydrogens (tertiary/aromatic N) is 4. The van der Waals surface area contributed by atoms with Gasteiger partial charge in [-0.05, 0) is 47.5 Å². The van der Waals surface area contributed by atoms with Crippen LogP contribution in [-0.4, -0.2) is 47.4 Å². The lowest BCUT2D eigenvalue weighted by Crippen LogP contribution is -2.33. The molecule has 0 aliphatic heterocycles. The quantitative estimate of drug-likeness (QED) is 0.270. The predicted octanol–water partition coefficient (Wildman–Crippen LogP) is 4.29. The average molecular weight is 527 g/mol. The molecule has 0 saturated carbocycles. The van der Waals surface area contributed by atoms with Crippen molar-refractivity contribution in [2.75, 3.05) is 25.7 Å². The normalized spacial score (nSPS) is 10.4. The summed E-state index contributed by atoms with van der Waals surface area (Å²) in [6, 6.07) is 21.4. The number of carbonyl (C=O) groups excluding carboxylic acids is 2. The molecule has 0 bridgehead atoms. The maximum atomic E-state index is 12.7. The number of thiocarbonyl (C=S) groups is 1. The van der Waals surface area contributed by atoms with E-state index in [0.717, 1.165) is 11.1 Å². The van der Waals surface area contributed by atoms with Gasteiger partial charge in [0.05, 0.1) is 49.5 Å². The molecule has 0 N–H and O–H groups in total.